The molecule has 1 fully saturated rings. The Morgan fingerprint density at radius 1 is 1.07 bits per heavy atom. The maximum absolute atomic E-state index is 13.6. The lowest BCUT2D eigenvalue weighted by Crippen LogP contribution is -2.60. The summed E-state index contributed by atoms with van der Waals surface area (Å²) in [5.74, 6) is -0.167. The minimum absolute atomic E-state index is 0.0391. The molecule has 1 aliphatic carbocycles. The fourth-order valence-electron chi connectivity index (χ4n) is 5.20. The molecule has 4 rings (SSSR count). The standard InChI is InChI=1S/C25H30N2O2/c1-2-3-17-27-24(29)21-14-8-7-13-20(21)22(25(27)15-9-10-16-25)23(28)26-18-19-11-5-4-6-12-19/h4-8,11-14,22H,2-3,9-10,15-18H2,1H3,(H,26,28)/t22-/m1/s1. The number of benzene rings is 2. The van der Waals surface area contributed by atoms with Gasteiger partial charge in [-0.1, -0.05) is 74.7 Å². The van der Waals surface area contributed by atoms with Crippen molar-refractivity contribution in [1.82, 2.24) is 10.2 Å². The average molecular weight is 391 g/mol. The van der Waals surface area contributed by atoms with Crippen LogP contribution in [0.5, 0.6) is 0 Å². The van der Waals surface area contributed by atoms with Crippen molar-refractivity contribution in [2.75, 3.05) is 6.54 Å². The third-order valence-corrected chi connectivity index (χ3v) is 6.60. The second-order valence-electron chi connectivity index (χ2n) is 8.34. The van der Waals surface area contributed by atoms with Gasteiger partial charge in [0.2, 0.25) is 5.91 Å². The molecule has 2 aliphatic rings. The summed E-state index contributed by atoms with van der Waals surface area (Å²) >= 11 is 0. The zero-order valence-corrected chi connectivity index (χ0v) is 17.2. The van der Waals surface area contributed by atoms with Crippen LogP contribution in [0.3, 0.4) is 0 Å². The van der Waals surface area contributed by atoms with E-state index in [4.69, 9.17) is 0 Å². The second-order valence-corrected chi connectivity index (χ2v) is 8.34. The molecule has 0 unspecified atom stereocenters. The smallest absolute Gasteiger partial charge is 0.254 e. The van der Waals surface area contributed by atoms with Gasteiger partial charge in [0, 0.05) is 18.7 Å². The first-order chi connectivity index (χ1) is 14.2. The third kappa shape index (κ3) is 3.57. The predicted octanol–water partition coefficient (Wildman–Crippen LogP) is 4.66. The Labute approximate surface area is 173 Å². The lowest BCUT2D eigenvalue weighted by Gasteiger charge is -2.50. The molecule has 0 saturated heterocycles. The van der Waals surface area contributed by atoms with Gasteiger partial charge in [0.15, 0.2) is 0 Å². The number of fused-ring (bicyclic) bond motifs is 1. The van der Waals surface area contributed by atoms with Crippen molar-refractivity contribution in [2.24, 2.45) is 0 Å². The van der Waals surface area contributed by atoms with Crippen molar-refractivity contribution in [3.8, 4) is 0 Å². The van der Waals surface area contributed by atoms with Crippen molar-refractivity contribution >= 4 is 11.8 Å². The van der Waals surface area contributed by atoms with Gasteiger partial charge in [0.25, 0.3) is 5.91 Å². The largest absolute Gasteiger partial charge is 0.351 e. The van der Waals surface area contributed by atoms with Gasteiger partial charge < -0.3 is 10.2 Å². The van der Waals surface area contributed by atoms with Crippen LogP contribution >= 0.6 is 0 Å². The number of nitrogens with one attached hydrogen (secondary N) is 1. The van der Waals surface area contributed by atoms with Gasteiger partial charge in [0.1, 0.15) is 0 Å². The molecule has 4 nitrogen and oxygen atoms in total. The Morgan fingerprint density at radius 2 is 1.76 bits per heavy atom. The van der Waals surface area contributed by atoms with E-state index in [1.54, 1.807) is 0 Å². The summed E-state index contributed by atoms with van der Waals surface area (Å²) in [5.41, 5.74) is 2.30. The predicted molar refractivity (Wildman–Crippen MR) is 115 cm³/mol. The molecule has 0 bridgehead atoms. The summed E-state index contributed by atoms with van der Waals surface area (Å²) in [4.78, 5) is 29.1. The van der Waals surface area contributed by atoms with Gasteiger partial charge in [-0.05, 0) is 36.5 Å². The number of nitrogens with zero attached hydrogens (tertiary/aromatic N) is 1. The molecule has 4 heteroatoms. The number of hydrogen-bond donors (Lipinski definition) is 1. The Morgan fingerprint density at radius 3 is 2.48 bits per heavy atom. The molecule has 0 aromatic heterocycles. The summed E-state index contributed by atoms with van der Waals surface area (Å²) in [5, 5.41) is 3.18. The van der Waals surface area contributed by atoms with E-state index in [1.807, 2.05) is 54.6 Å². The Balaban J connectivity index is 1.71. The molecular formula is C25H30N2O2. The van der Waals surface area contributed by atoms with Crippen molar-refractivity contribution in [3.05, 3.63) is 71.3 Å². The molecule has 2 aromatic rings. The third-order valence-electron chi connectivity index (χ3n) is 6.60. The minimum atomic E-state index is -0.388. The summed E-state index contributed by atoms with van der Waals surface area (Å²) in [7, 11) is 0. The Bertz CT molecular complexity index is 871. The molecule has 29 heavy (non-hydrogen) atoms. The van der Waals surface area contributed by atoms with Crippen molar-refractivity contribution in [3.63, 3.8) is 0 Å². The zero-order valence-electron chi connectivity index (χ0n) is 17.2. The first-order valence-electron chi connectivity index (χ1n) is 10.9. The van der Waals surface area contributed by atoms with E-state index in [2.05, 4.69) is 17.1 Å². The first kappa shape index (κ1) is 19.7. The highest BCUT2D eigenvalue weighted by atomic mass is 16.2. The maximum Gasteiger partial charge on any atom is 0.254 e. The van der Waals surface area contributed by atoms with E-state index in [9.17, 15) is 9.59 Å². The minimum Gasteiger partial charge on any atom is -0.351 e. The van der Waals surface area contributed by atoms with Gasteiger partial charge in [-0.2, -0.15) is 0 Å². The van der Waals surface area contributed by atoms with Crippen LogP contribution in [-0.2, 0) is 11.3 Å². The monoisotopic (exact) mass is 390 g/mol. The molecule has 152 valence electrons. The fraction of sp³-hybridized carbons (Fsp3) is 0.440. The number of hydrogen-bond acceptors (Lipinski definition) is 2. The summed E-state index contributed by atoms with van der Waals surface area (Å²) in [6.45, 7) is 3.39. The Hall–Kier alpha value is -2.62. The molecule has 1 N–H and O–H groups in total. The van der Waals surface area contributed by atoms with Crippen LogP contribution in [0.15, 0.2) is 54.6 Å². The van der Waals surface area contributed by atoms with Crippen LogP contribution in [0.1, 0.15) is 72.9 Å². The van der Waals surface area contributed by atoms with E-state index < -0.39 is 0 Å². The van der Waals surface area contributed by atoms with Gasteiger partial charge in [0.05, 0.1) is 11.5 Å². The lowest BCUT2D eigenvalue weighted by molar-refractivity contribution is -0.126. The topological polar surface area (TPSA) is 49.4 Å². The molecule has 2 aromatic carbocycles. The molecular weight excluding hydrogens is 360 g/mol. The summed E-state index contributed by atoms with van der Waals surface area (Å²) < 4.78 is 0. The lowest BCUT2D eigenvalue weighted by atomic mass is 9.71. The van der Waals surface area contributed by atoms with Crippen molar-refractivity contribution < 1.29 is 9.59 Å². The van der Waals surface area contributed by atoms with Crippen LogP contribution in [0.4, 0.5) is 0 Å². The normalized spacial score (nSPS) is 20.0. The van der Waals surface area contributed by atoms with Crippen LogP contribution in [0.25, 0.3) is 0 Å². The van der Waals surface area contributed by atoms with Crippen molar-refractivity contribution in [2.45, 2.75) is 63.5 Å². The fourth-order valence-corrected chi connectivity index (χ4v) is 5.20. The molecule has 1 aliphatic heterocycles. The summed E-state index contributed by atoms with van der Waals surface area (Å²) in [6.07, 6.45) is 5.95. The number of unbranched alkanes of at least 4 members (excludes halogenated alkanes) is 1. The zero-order chi connectivity index (χ0) is 20.3. The molecule has 1 heterocycles. The van der Waals surface area contributed by atoms with Gasteiger partial charge in [-0.15, -0.1) is 0 Å². The first-order valence-corrected chi connectivity index (χ1v) is 10.9. The van der Waals surface area contributed by atoms with Crippen molar-refractivity contribution in [1.29, 1.82) is 0 Å². The number of rotatable bonds is 6. The highest BCUT2D eigenvalue weighted by Crippen LogP contribution is 2.50. The van der Waals surface area contributed by atoms with Gasteiger partial charge >= 0.3 is 0 Å². The summed E-state index contributed by atoms with van der Waals surface area (Å²) in [6, 6.07) is 17.7. The number of carbonyl (C=O) groups excluding carboxylic acids is 2. The molecule has 2 amide bonds. The van der Waals surface area contributed by atoms with E-state index in [1.165, 1.54) is 0 Å². The maximum atomic E-state index is 13.6. The van der Waals surface area contributed by atoms with Crippen LogP contribution < -0.4 is 5.32 Å². The molecule has 0 radical (unpaired) electrons. The number of amides is 2. The molecule has 1 atom stereocenters. The van der Waals surface area contributed by atoms with E-state index >= 15 is 0 Å². The average Bonchev–Trinajstić information content (AvgIpc) is 3.23. The van der Waals surface area contributed by atoms with Crippen LogP contribution in [0, 0.1) is 0 Å². The second kappa shape index (κ2) is 8.40. The van der Waals surface area contributed by atoms with E-state index in [0.717, 1.165) is 56.2 Å². The van der Waals surface area contributed by atoms with E-state index in [-0.39, 0.29) is 23.3 Å². The van der Waals surface area contributed by atoms with E-state index in [0.29, 0.717) is 12.1 Å². The quantitative estimate of drug-likeness (QED) is 0.780. The number of carbonyl (C=O) groups is 2. The van der Waals surface area contributed by atoms with Gasteiger partial charge in [-0.25, -0.2) is 0 Å². The SMILES string of the molecule is CCCCN1C(=O)c2ccccc2[C@H](C(=O)NCc2ccccc2)C12CCCC2. The van der Waals surface area contributed by atoms with Gasteiger partial charge in [-0.3, -0.25) is 9.59 Å². The van der Waals surface area contributed by atoms with Crippen LogP contribution in [0.2, 0.25) is 0 Å². The highest BCUT2D eigenvalue weighted by molar-refractivity contribution is 6.02. The Kier molecular flexibility index (Phi) is 5.70. The highest BCUT2D eigenvalue weighted by Gasteiger charge is 2.55. The van der Waals surface area contributed by atoms with Crippen LogP contribution in [-0.4, -0.2) is 28.8 Å². The molecule has 1 saturated carbocycles. The molecule has 1 spiro atoms.